The number of rotatable bonds is 4. The smallest absolute Gasteiger partial charge is 0.269 e. The van der Waals surface area contributed by atoms with Gasteiger partial charge in [-0.05, 0) is 29.8 Å². The molecule has 158 valence electrons. The molecule has 5 rings (SSSR count). The number of nitro groups is 1. The Hall–Kier alpha value is -3.98. The van der Waals surface area contributed by atoms with Crippen LogP contribution in [0.4, 0.5) is 5.69 Å². The van der Waals surface area contributed by atoms with Gasteiger partial charge >= 0.3 is 0 Å². The lowest BCUT2D eigenvalue weighted by molar-refractivity contribution is -0.384. The molecule has 0 spiro atoms. The normalized spacial score (nSPS) is 17.7. The number of non-ortho nitro benzene ring substituents is 1. The van der Waals surface area contributed by atoms with Crippen LogP contribution < -0.4 is 5.32 Å². The monoisotopic (exact) mass is 444 g/mol. The van der Waals surface area contributed by atoms with Crippen molar-refractivity contribution in [2.45, 2.75) is 16.4 Å². The quantitative estimate of drug-likeness (QED) is 0.373. The molecule has 1 aliphatic heterocycles. The highest BCUT2D eigenvalue weighted by Crippen LogP contribution is 2.43. The topological polar surface area (TPSA) is 107 Å². The zero-order valence-electron chi connectivity index (χ0n) is 16.5. The first-order valence-electron chi connectivity index (χ1n) is 9.81. The number of carbonyl (C=O) groups is 2. The van der Waals surface area contributed by atoms with Gasteiger partial charge < -0.3 is 5.32 Å². The molecule has 8 nitrogen and oxygen atoms in total. The summed E-state index contributed by atoms with van der Waals surface area (Å²) in [6.45, 7) is 0. The Morgan fingerprint density at radius 3 is 2.41 bits per heavy atom. The summed E-state index contributed by atoms with van der Waals surface area (Å²) in [5.41, 5.74) is 2.43. The minimum absolute atomic E-state index is 0.0435. The van der Waals surface area contributed by atoms with Crippen LogP contribution in [0.5, 0.6) is 0 Å². The summed E-state index contributed by atoms with van der Waals surface area (Å²) in [5, 5.41) is 13.9. The van der Waals surface area contributed by atoms with E-state index in [1.165, 1.54) is 28.5 Å². The number of carbonyl (C=O) groups excluding carboxylic acids is 2. The second kappa shape index (κ2) is 7.93. The molecule has 0 saturated heterocycles. The maximum atomic E-state index is 13.6. The molecular weight excluding hydrogens is 428 g/mol. The fourth-order valence-corrected chi connectivity index (χ4v) is 5.03. The Balaban J connectivity index is 1.58. The first-order valence-corrected chi connectivity index (χ1v) is 10.7. The first kappa shape index (κ1) is 20.0. The zero-order chi connectivity index (χ0) is 22.2. The number of nitrogens with zero attached hydrogens (tertiary/aromatic N) is 3. The average molecular weight is 444 g/mol. The van der Waals surface area contributed by atoms with Crippen LogP contribution in [0.2, 0.25) is 0 Å². The number of imidazole rings is 1. The van der Waals surface area contributed by atoms with Crippen LogP contribution in [-0.2, 0) is 0 Å². The maximum Gasteiger partial charge on any atom is 0.269 e. The highest BCUT2D eigenvalue weighted by molar-refractivity contribution is 7.99. The van der Waals surface area contributed by atoms with Crippen LogP contribution in [0, 0.1) is 10.1 Å². The Morgan fingerprint density at radius 1 is 1.00 bits per heavy atom. The number of amides is 1. The summed E-state index contributed by atoms with van der Waals surface area (Å²) in [6.07, 6.45) is 0. The lowest BCUT2D eigenvalue weighted by atomic mass is 10.0. The second-order valence-electron chi connectivity index (χ2n) is 7.26. The number of fused-ring (bicyclic) bond motifs is 3. The third-order valence-corrected chi connectivity index (χ3v) is 6.59. The van der Waals surface area contributed by atoms with E-state index in [1.807, 2.05) is 30.3 Å². The average Bonchev–Trinajstić information content (AvgIpc) is 3.20. The molecule has 2 atom stereocenters. The van der Waals surface area contributed by atoms with E-state index in [4.69, 9.17) is 0 Å². The third kappa shape index (κ3) is 3.42. The standard InChI is InChI=1S/C23H16N4O4S/c28-21(15-6-2-1-3-7-15)25-19-20(14-10-12-16(13-11-14)27(30)31)32-23-24-17-8-4-5-9-18(17)26(23)22(19)29/h1-13,19-20H,(H,25,28). The summed E-state index contributed by atoms with van der Waals surface area (Å²) in [5.74, 6) is -0.676. The lowest BCUT2D eigenvalue weighted by Gasteiger charge is -2.31. The van der Waals surface area contributed by atoms with Crippen molar-refractivity contribution in [1.82, 2.24) is 14.9 Å². The van der Waals surface area contributed by atoms with E-state index in [0.29, 0.717) is 27.3 Å². The molecular formula is C23H16N4O4S. The summed E-state index contributed by atoms with van der Waals surface area (Å²) in [4.78, 5) is 41.7. The molecule has 0 saturated carbocycles. The van der Waals surface area contributed by atoms with Crippen LogP contribution in [0.15, 0.2) is 84.0 Å². The summed E-state index contributed by atoms with van der Waals surface area (Å²) in [7, 11) is 0. The highest BCUT2D eigenvalue weighted by atomic mass is 32.2. The Labute approximate surface area is 186 Å². The van der Waals surface area contributed by atoms with Crippen LogP contribution in [0.1, 0.15) is 26.0 Å². The maximum absolute atomic E-state index is 13.6. The second-order valence-corrected chi connectivity index (χ2v) is 8.37. The molecule has 4 aromatic rings. The predicted molar refractivity (Wildman–Crippen MR) is 120 cm³/mol. The Bertz CT molecular complexity index is 1350. The fraction of sp³-hybridized carbons (Fsp3) is 0.0870. The van der Waals surface area contributed by atoms with E-state index in [9.17, 15) is 19.7 Å². The van der Waals surface area contributed by atoms with Crippen molar-refractivity contribution in [2.24, 2.45) is 0 Å². The van der Waals surface area contributed by atoms with E-state index >= 15 is 0 Å². The van der Waals surface area contributed by atoms with Crippen molar-refractivity contribution in [3.63, 3.8) is 0 Å². The van der Waals surface area contributed by atoms with E-state index < -0.39 is 16.2 Å². The number of thioether (sulfide) groups is 1. The summed E-state index contributed by atoms with van der Waals surface area (Å²) >= 11 is 1.35. The first-order chi connectivity index (χ1) is 15.5. The van der Waals surface area contributed by atoms with Crippen LogP contribution in [-0.4, -0.2) is 32.3 Å². The van der Waals surface area contributed by atoms with Crippen molar-refractivity contribution in [2.75, 3.05) is 0 Å². The van der Waals surface area contributed by atoms with Gasteiger partial charge in [0.25, 0.3) is 17.5 Å². The number of para-hydroxylation sites is 2. The van der Waals surface area contributed by atoms with E-state index in [1.54, 1.807) is 36.4 Å². The van der Waals surface area contributed by atoms with Gasteiger partial charge in [0.1, 0.15) is 6.04 Å². The number of nitrogens with one attached hydrogen (secondary N) is 1. The molecule has 0 fully saturated rings. The van der Waals surface area contributed by atoms with Crippen molar-refractivity contribution in [3.8, 4) is 0 Å². The van der Waals surface area contributed by atoms with Crippen molar-refractivity contribution in [3.05, 3.63) is 100 Å². The molecule has 3 aromatic carbocycles. The van der Waals surface area contributed by atoms with Crippen LogP contribution >= 0.6 is 11.8 Å². The minimum Gasteiger partial charge on any atom is -0.339 e. The molecule has 0 bridgehead atoms. The van der Waals surface area contributed by atoms with E-state index in [0.717, 1.165) is 0 Å². The van der Waals surface area contributed by atoms with Crippen molar-refractivity contribution >= 4 is 40.3 Å². The Morgan fingerprint density at radius 2 is 1.69 bits per heavy atom. The molecule has 1 aliphatic rings. The van der Waals surface area contributed by atoms with Gasteiger partial charge in [-0.15, -0.1) is 0 Å². The van der Waals surface area contributed by atoms with Crippen molar-refractivity contribution in [1.29, 1.82) is 0 Å². The molecule has 1 amide bonds. The van der Waals surface area contributed by atoms with Gasteiger partial charge in [-0.2, -0.15) is 0 Å². The SMILES string of the molecule is O=C(NC1C(=O)n2c(nc3ccccc32)SC1c1ccc([N+](=O)[O-])cc1)c1ccccc1. The largest absolute Gasteiger partial charge is 0.339 e. The molecule has 32 heavy (non-hydrogen) atoms. The van der Waals surface area contributed by atoms with Gasteiger partial charge in [0.2, 0.25) is 0 Å². The fourth-order valence-electron chi connectivity index (χ4n) is 3.74. The van der Waals surface area contributed by atoms with E-state index in [2.05, 4.69) is 10.3 Å². The number of hydrogen-bond donors (Lipinski definition) is 1. The lowest BCUT2D eigenvalue weighted by Crippen LogP contribution is -2.48. The molecule has 1 aromatic heterocycles. The van der Waals surface area contributed by atoms with Gasteiger partial charge in [-0.1, -0.05) is 54.2 Å². The van der Waals surface area contributed by atoms with E-state index in [-0.39, 0.29) is 17.5 Å². The van der Waals surface area contributed by atoms with Gasteiger partial charge in [0.15, 0.2) is 5.16 Å². The summed E-state index contributed by atoms with van der Waals surface area (Å²) < 4.78 is 1.53. The molecule has 0 radical (unpaired) electrons. The van der Waals surface area contributed by atoms with Gasteiger partial charge in [0, 0.05) is 17.7 Å². The van der Waals surface area contributed by atoms with Crippen molar-refractivity contribution < 1.29 is 14.5 Å². The zero-order valence-corrected chi connectivity index (χ0v) is 17.4. The van der Waals surface area contributed by atoms with Gasteiger partial charge in [-0.25, -0.2) is 4.98 Å². The summed E-state index contributed by atoms with van der Waals surface area (Å²) in [6, 6.07) is 21.1. The number of benzene rings is 3. The number of aromatic nitrogens is 2. The van der Waals surface area contributed by atoms with Gasteiger partial charge in [-0.3, -0.25) is 24.3 Å². The van der Waals surface area contributed by atoms with Crippen LogP contribution in [0.3, 0.4) is 0 Å². The number of hydrogen-bond acceptors (Lipinski definition) is 6. The molecule has 2 unspecified atom stereocenters. The molecule has 0 aliphatic carbocycles. The molecule has 9 heteroatoms. The molecule has 1 N–H and O–H groups in total. The molecule has 2 heterocycles. The number of nitro benzene ring substituents is 1. The van der Waals surface area contributed by atoms with Crippen LogP contribution in [0.25, 0.3) is 11.0 Å². The highest BCUT2D eigenvalue weighted by Gasteiger charge is 2.40. The minimum atomic E-state index is -0.890. The third-order valence-electron chi connectivity index (χ3n) is 5.31. The van der Waals surface area contributed by atoms with Gasteiger partial charge in [0.05, 0.1) is 21.2 Å². The predicted octanol–water partition coefficient (Wildman–Crippen LogP) is 4.23. The Kier molecular flexibility index (Phi) is 4.95.